The molecule has 4 heteroatoms. The van der Waals surface area contributed by atoms with E-state index in [4.69, 9.17) is 9.72 Å². The van der Waals surface area contributed by atoms with Crippen LogP contribution >= 0.6 is 23.1 Å². The summed E-state index contributed by atoms with van der Waals surface area (Å²) in [5.41, 5.74) is 3.80. The highest BCUT2D eigenvalue weighted by Gasteiger charge is 2.05. The zero-order chi connectivity index (χ0) is 19.6. The predicted octanol–water partition coefficient (Wildman–Crippen LogP) is 7.36. The molecule has 1 heterocycles. The lowest BCUT2D eigenvalue weighted by Crippen LogP contribution is -2.02. The summed E-state index contributed by atoms with van der Waals surface area (Å²) >= 11 is 3.64. The zero-order valence-electron chi connectivity index (χ0n) is 16.8. The van der Waals surface area contributed by atoms with Crippen LogP contribution in [0.1, 0.15) is 38.7 Å². The first-order chi connectivity index (χ1) is 13.7. The summed E-state index contributed by atoms with van der Waals surface area (Å²) in [4.78, 5) is 4.70. The largest absolute Gasteiger partial charge is 0.377 e. The average molecular weight is 412 g/mol. The maximum Gasteiger partial charge on any atom is 0.151 e. The number of rotatable bonds is 11. The van der Waals surface area contributed by atoms with Gasteiger partial charge in [0.05, 0.1) is 16.8 Å². The molecule has 2 aromatic carbocycles. The number of hydrogen-bond acceptors (Lipinski definition) is 4. The van der Waals surface area contributed by atoms with Gasteiger partial charge in [-0.25, -0.2) is 4.98 Å². The van der Waals surface area contributed by atoms with E-state index in [0.29, 0.717) is 5.92 Å². The molecule has 3 aromatic rings. The maximum absolute atomic E-state index is 5.81. The summed E-state index contributed by atoms with van der Waals surface area (Å²) in [7, 11) is 0. The molecule has 1 atom stereocenters. The molecule has 0 saturated carbocycles. The molecule has 1 aromatic heterocycles. The van der Waals surface area contributed by atoms with Crippen LogP contribution in [0.4, 0.5) is 0 Å². The van der Waals surface area contributed by atoms with Gasteiger partial charge in [-0.15, -0.1) is 11.3 Å². The molecular formula is C24H29NOS2. The van der Waals surface area contributed by atoms with Crippen molar-refractivity contribution in [3.05, 3.63) is 71.8 Å². The van der Waals surface area contributed by atoms with Gasteiger partial charge in [0.15, 0.2) is 4.34 Å². The highest BCUT2D eigenvalue weighted by atomic mass is 32.2. The molecule has 0 amide bonds. The SMILES string of the molecule is C/C(=C\CCC(C)CCOCc1ccccc1)CSc1nc2ccccc2s1. The molecule has 0 saturated heterocycles. The van der Waals surface area contributed by atoms with Crippen LogP contribution in [0.15, 0.2) is 70.6 Å². The smallest absolute Gasteiger partial charge is 0.151 e. The molecule has 0 fully saturated rings. The summed E-state index contributed by atoms with van der Waals surface area (Å²) in [5, 5.41) is 0. The number of allylic oxidation sites excluding steroid dienone is 1. The molecule has 28 heavy (non-hydrogen) atoms. The number of nitrogens with zero attached hydrogens (tertiary/aromatic N) is 1. The predicted molar refractivity (Wildman–Crippen MR) is 123 cm³/mol. The van der Waals surface area contributed by atoms with Crippen LogP contribution in [-0.2, 0) is 11.3 Å². The van der Waals surface area contributed by atoms with Gasteiger partial charge in [-0.3, -0.25) is 0 Å². The van der Waals surface area contributed by atoms with E-state index in [-0.39, 0.29) is 0 Å². The molecule has 0 bridgehead atoms. The van der Waals surface area contributed by atoms with E-state index in [9.17, 15) is 0 Å². The van der Waals surface area contributed by atoms with Crippen molar-refractivity contribution in [2.75, 3.05) is 12.4 Å². The van der Waals surface area contributed by atoms with Gasteiger partial charge < -0.3 is 4.74 Å². The van der Waals surface area contributed by atoms with Gasteiger partial charge in [-0.2, -0.15) is 0 Å². The van der Waals surface area contributed by atoms with Crippen LogP contribution < -0.4 is 0 Å². The molecule has 0 aliphatic heterocycles. The summed E-state index contributed by atoms with van der Waals surface area (Å²) in [6.07, 6.45) is 5.88. The van der Waals surface area contributed by atoms with Crippen molar-refractivity contribution in [3.8, 4) is 0 Å². The molecule has 0 N–H and O–H groups in total. The number of aromatic nitrogens is 1. The van der Waals surface area contributed by atoms with Gasteiger partial charge in [-0.1, -0.05) is 72.8 Å². The number of thioether (sulfide) groups is 1. The third-order valence-corrected chi connectivity index (χ3v) is 7.09. The fourth-order valence-electron chi connectivity index (χ4n) is 2.95. The van der Waals surface area contributed by atoms with Crippen molar-refractivity contribution in [1.29, 1.82) is 0 Å². The van der Waals surface area contributed by atoms with E-state index < -0.39 is 0 Å². The molecule has 0 radical (unpaired) electrons. The second kappa shape index (κ2) is 11.4. The van der Waals surface area contributed by atoms with Crippen molar-refractivity contribution < 1.29 is 4.74 Å². The molecular weight excluding hydrogens is 382 g/mol. The fraction of sp³-hybridized carbons (Fsp3) is 0.375. The van der Waals surface area contributed by atoms with E-state index in [0.717, 1.165) is 41.7 Å². The first-order valence-electron chi connectivity index (χ1n) is 9.96. The van der Waals surface area contributed by atoms with Gasteiger partial charge >= 0.3 is 0 Å². The van der Waals surface area contributed by atoms with Crippen molar-refractivity contribution in [3.63, 3.8) is 0 Å². The number of benzene rings is 2. The Morgan fingerprint density at radius 3 is 2.71 bits per heavy atom. The van der Waals surface area contributed by atoms with Crippen molar-refractivity contribution >= 4 is 33.3 Å². The van der Waals surface area contributed by atoms with Gasteiger partial charge in [0, 0.05) is 12.4 Å². The Kier molecular flexibility index (Phi) is 8.59. The monoisotopic (exact) mass is 411 g/mol. The van der Waals surface area contributed by atoms with Gasteiger partial charge in [-0.05, 0) is 49.8 Å². The van der Waals surface area contributed by atoms with Crippen molar-refractivity contribution in [2.24, 2.45) is 5.92 Å². The number of thiazole rings is 1. The molecule has 0 aliphatic rings. The Hall–Kier alpha value is -1.62. The van der Waals surface area contributed by atoms with Crippen molar-refractivity contribution in [2.45, 2.75) is 44.1 Å². The summed E-state index contributed by atoms with van der Waals surface area (Å²) in [6.45, 7) is 6.11. The zero-order valence-corrected chi connectivity index (χ0v) is 18.4. The summed E-state index contributed by atoms with van der Waals surface area (Å²) in [6, 6.07) is 18.7. The maximum atomic E-state index is 5.81. The van der Waals surface area contributed by atoms with Gasteiger partial charge in [0.2, 0.25) is 0 Å². The second-order valence-electron chi connectivity index (χ2n) is 7.30. The van der Waals surface area contributed by atoms with Crippen LogP contribution in [0.5, 0.6) is 0 Å². The van der Waals surface area contributed by atoms with Crippen molar-refractivity contribution in [1.82, 2.24) is 4.98 Å². The molecule has 0 aliphatic carbocycles. The van der Waals surface area contributed by atoms with E-state index in [2.05, 4.69) is 68.5 Å². The Morgan fingerprint density at radius 1 is 1.11 bits per heavy atom. The van der Waals surface area contributed by atoms with Crippen LogP contribution in [0.25, 0.3) is 10.2 Å². The molecule has 2 nitrogen and oxygen atoms in total. The Bertz CT molecular complexity index is 839. The third-order valence-electron chi connectivity index (χ3n) is 4.72. The minimum atomic E-state index is 0.691. The highest BCUT2D eigenvalue weighted by molar-refractivity contribution is 8.01. The lowest BCUT2D eigenvalue weighted by molar-refractivity contribution is 0.108. The summed E-state index contributed by atoms with van der Waals surface area (Å²) in [5.74, 6) is 1.71. The lowest BCUT2D eigenvalue weighted by Gasteiger charge is -2.11. The molecule has 148 valence electrons. The molecule has 1 unspecified atom stereocenters. The van der Waals surface area contributed by atoms with Crippen LogP contribution in [0, 0.1) is 5.92 Å². The van der Waals surface area contributed by atoms with E-state index in [1.54, 1.807) is 11.3 Å². The first-order valence-corrected chi connectivity index (χ1v) is 11.8. The van der Waals surface area contributed by atoms with E-state index >= 15 is 0 Å². The van der Waals surface area contributed by atoms with Crippen LogP contribution in [0.3, 0.4) is 0 Å². The van der Waals surface area contributed by atoms with Crippen LogP contribution in [-0.4, -0.2) is 17.3 Å². The molecule has 0 spiro atoms. The third kappa shape index (κ3) is 7.08. The Balaban J connectivity index is 1.29. The standard InChI is InChI=1S/C24H29NOS2/c1-19(15-16-26-17-21-11-4-3-5-12-21)9-8-10-20(2)18-27-24-25-22-13-6-7-14-23(22)28-24/h3-7,10-14,19H,8-9,15-18H2,1-2H3/b20-10+. The first kappa shape index (κ1) is 21.1. The minimum Gasteiger partial charge on any atom is -0.377 e. The fourth-order valence-corrected chi connectivity index (χ4v) is 4.97. The average Bonchev–Trinajstić information content (AvgIpc) is 3.13. The minimum absolute atomic E-state index is 0.691. The highest BCUT2D eigenvalue weighted by Crippen LogP contribution is 2.30. The second-order valence-corrected chi connectivity index (χ2v) is 9.55. The molecule has 3 rings (SSSR count). The topological polar surface area (TPSA) is 22.1 Å². The number of para-hydroxylation sites is 1. The van der Waals surface area contributed by atoms with E-state index in [1.807, 2.05) is 17.8 Å². The number of ether oxygens (including phenoxy) is 1. The number of hydrogen-bond donors (Lipinski definition) is 0. The quantitative estimate of drug-likeness (QED) is 0.187. The van der Waals surface area contributed by atoms with Gasteiger partial charge in [0.25, 0.3) is 0 Å². The Morgan fingerprint density at radius 2 is 1.89 bits per heavy atom. The van der Waals surface area contributed by atoms with Crippen LogP contribution in [0.2, 0.25) is 0 Å². The number of fused-ring (bicyclic) bond motifs is 1. The van der Waals surface area contributed by atoms with E-state index in [1.165, 1.54) is 22.3 Å². The normalized spacial score (nSPS) is 13.1. The summed E-state index contributed by atoms with van der Waals surface area (Å²) < 4.78 is 8.24. The van der Waals surface area contributed by atoms with Gasteiger partial charge in [0.1, 0.15) is 0 Å². The Labute approximate surface area is 177 Å². The lowest BCUT2D eigenvalue weighted by atomic mass is 10.0.